The summed E-state index contributed by atoms with van der Waals surface area (Å²) in [7, 11) is 0. The standard InChI is InChI=1S/C23H31N5O10/c24-13(10-12-4-2-1-3-5-12)20(34)26-14(6-8-17(25)29)21(35)27-15(7-9-18(30)31)22(36)28-16(23(37)38)11-19(32)33/h1-5,13-16H,6-11,24H2,(H2,25,29)(H,26,34)(H,27,35)(H,28,36)(H,30,31)(H,32,33)(H,37,38). The van der Waals surface area contributed by atoms with Crippen LogP contribution in [0.2, 0.25) is 0 Å². The number of carboxylic acids is 3. The van der Waals surface area contributed by atoms with Crippen molar-refractivity contribution in [3.05, 3.63) is 35.9 Å². The fourth-order valence-electron chi connectivity index (χ4n) is 3.25. The van der Waals surface area contributed by atoms with Crippen molar-refractivity contribution in [2.75, 3.05) is 0 Å². The third-order valence-electron chi connectivity index (χ3n) is 5.22. The van der Waals surface area contributed by atoms with Gasteiger partial charge in [0.2, 0.25) is 23.6 Å². The molecule has 0 aliphatic carbocycles. The van der Waals surface area contributed by atoms with E-state index in [1.165, 1.54) is 0 Å². The third kappa shape index (κ3) is 11.9. The number of carbonyl (C=O) groups excluding carboxylic acids is 4. The van der Waals surface area contributed by atoms with E-state index in [-0.39, 0.29) is 19.3 Å². The normalized spacial score (nSPS) is 13.7. The molecule has 15 heteroatoms. The second-order valence-corrected chi connectivity index (χ2v) is 8.35. The Bertz CT molecular complexity index is 1030. The molecule has 0 heterocycles. The summed E-state index contributed by atoms with van der Waals surface area (Å²) in [5.41, 5.74) is 11.8. The van der Waals surface area contributed by atoms with Crippen LogP contribution in [0.15, 0.2) is 30.3 Å². The molecular weight excluding hydrogens is 506 g/mol. The van der Waals surface area contributed by atoms with Crippen LogP contribution in [0.25, 0.3) is 0 Å². The molecule has 38 heavy (non-hydrogen) atoms. The first-order chi connectivity index (χ1) is 17.8. The van der Waals surface area contributed by atoms with E-state index in [1.54, 1.807) is 30.3 Å². The van der Waals surface area contributed by atoms with Crippen LogP contribution < -0.4 is 27.4 Å². The van der Waals surface area contributed by atoms with Crippen LogP contribution in [-0.2, 0) is 40.0 Å². The number of aliphatic carboxylic acids is 3. The third-order valence-corrected chi connectivity index (χ3v) is 5.22. The maximum Gasteiger partial charge on any atom is 0.326 e. The van der Waals surface area contributed by atoms with E-state index in [9.17, 15) is 33.6 Å². The topological polar surface area (TPSA) is 268 Å². The summed E-state index contributed by atoms with van der Waals surface area (Å²) in [5.74, 6) is -8.21. The first-order valence-corrected chi connectivity index (χ1v) is 11.5. The van der Waals surface area contributed by atoms with E-state index in [2.05, 4.69) is 10.6 Å². The number of hydrogen-bond acceptors (Lipinski definition) is 8. The Balaban J connectivity index is 3.03. The van der Waals surface area contributed by atoms with E-state index >= 15 is 0 Å². The number of hydrogen-bond donors (Lipinski definition) is 8. The Morgan fingerprint density at radius 3 is 1.68 bits per heavy atom. The monoisotopic (exact) mass is 537 g/mol. The molecule has 0 aliphatic rings. The average Bonchev–Trinajstić information content (AvgIpc) is 2.83. The maximum atomic E-state index is 13.0. The summed E-state index contributed by atoms with van der Waals surface area (Å²) in [6.07, 6.45) is -2.57. The van der Waals surface area contributed by atoms with Gasteiger partial charge in [-0.25, -0.2) is 4.79 Å². The van der Waals surface area contributed by atoms with Crippen molar-refractivity contribution < 1.29 is 48.9 Å². The molecule has 4 atom stereocenters. The minimum absolute atomic E-state index is 0.126. The molecule has 1 aromatic rings. The summed E-state index contributed by atoms with van der Waals surface area (Å²) in [4.78, 5) is 82.8. The van der Waals surface area contributed by atoms with Gasteiger partial charge in [-0.3, -0.25) is 28.8 Å². The Morgan fingerprint density at radius 2 is 1.21 bits per heavy atom. The minimum atomic E-state index is -1.86. The van der Waals surface area contributed by atoms with Gasteiger partial charge in [0.15, 0.2) is 0 Å². The molecule has 0 saturated carbocycles. The lowest BCUT2D eigenvalue weighted by Gasteiger charge is -2.24. The van der Waals surface area contributed by atoms with Gasteiger partial charge in [0.25, 0.3) is 0 Å². The van der Waals surface area contributed by atoms with Crippen molar-refractivity contribution in [2.24, 2.45) is 11.5 Å². The lowest BCUT2D eigenvalue weighted by molar-refractivity contribution is -0.147. The molecule has 0 aromatic heterocycles. The highest BCUT2D eigenvalue weighted by Gasteiger charge is 2.31. The van der Waals surface area contributed by atoms with Crippen LogP contribution in [0.5, 0.6) is 0 Å². The van der Waals surface area contributed by atoms with E-state index in [1.807, 2.05) is 5.32 Å². The second-order valence-electron chi connectivity index (χ2n) is 8.35. The predicted octanol–water partition coefficient (Wildman–Crippen LogP) is -2.30. The molecule has 4 unspecified atom stereocenters. The van der Waals surface area contributed by atoms with Gasteiger partial charge < -0.3 is 42.7 Å². The zero-order chi connectivity index (χ0) is 28.8. The summed E-state index contributed by atoms with van der Waals surface area (Å²) >= 11 is 0. The molecule has 15 nitrogen and oxygen atoms in total. The van der Waals surface area contributed by atoms with Gasteiger partial charge in [-0.2, -0.15) is 0 Å². The van der Waals surface area contributed by atoms with Crippen LogP contribution in [0.3, 0.4) is 0 Å². The van der Waals surface area contributed by atoms with Crippen LogP contribution in [0.4, 0.5) is 0 Å². The first-order valence-electron chi connectivity index (χ1n) is 11.5. The Kier molecular flexibility index (Phi) is 12.9. The van der Waals surface area contributed by atoms with Gasteiger partial charge in [0.1, 0.15) is 18.1 Å². The molecule has 10 N–H and O–H groups in total. The molecule has 0 radical (unpaired) electrons. The van der Waals surface area contributed by atoms with Crippen molar-refractivity contribution in [1.29, 1.82) is 0 Å². The first kappa shape index (κ1) is 31.5. The Hall–Kier alpha value is -4.53. The van der Waals surface area contributed by atoms with E-state index in [4.69, 9.17) is 26.8 Å². The molecule has 1 aromatic carbocycles. The molecule has 208 valence electrons. The molecular formula is C23H31N5O10. The van der Waals surface area contributed by atoms with Crippen LogP contribution in [0.1, 0.15) is 37.7 Å². The van der Waals surface area contributed by atoms with E-state index in [0.29, 0.717) is 0 Å². The number of nitrogens with one attached hydrogen (secondary N) is 3. The molecule has 4 amide bonds. The van der Waals surface area contributed by atoms with Crippen LogP contribution >= 0.6 is 0 Å². The van der Waals surface area contributed by atoms with Crippen LogP contribution in [0, 0.1) is 0 Å². The highest BCUT2D eigenvalue weighted by atomic mass is 16.4. The van der Waals surface area contributed by atoms with Crippen molar-refractivity contribution in [3.8, 4) is 0 Å². The zero-order valence-corrected chi connectivity index (χ0v) is 20.3. The summed E-state index contributed by atoms with van der Waals surface area (Å²) in [5, 5.41) is 33.5. The average molecular weight is 538 g/mol. The second kappa shape index (κ2) is 15.6. The number of nitrogens with two attached hydrogens (primary N) is 2. The summed E-state index contributed by atoms with van der Waals surface area (Å²) in [6, 6.07) is 2.79. The smallest absolute Gasteiger partial charge is 0.326 e. The Labute approximate surface area is 216 Å². The van der Waals surface area contributed by atoms with Gasteiger partial charge in [-0.1, -0.05) is 30.3 Å². The van der Waals surface area contributed by atoms with Gasteiger partial charge in [0, 0.05) is 12.8 Å². The summed E-state index contributed by atoms with van der Waals surface area (Å²) < 4.78 is 0. The molecule has 0 spiro atoms. The van der Waals surface area contributed by atoms with Crippen molar-refractivity contribution >= 4 is 41.5 Å². The van der Waals surface area contributed by atoms with Crippen LogP contribution in [-0.4, -0.2) is 81.0 Å². The van der Waals surface area contributed by atoms with Gasteiger partial charge in [-0.15, -0.1) is 0 Å². The molecule has 0 saturated heterocycles. The lowest BCUT2D eigenvalue weighted by atomic mass is 10.0. The van der Waals surface area contributed by atoms with E-state index < -0.39 is 85.0 Å². The minimum Gasteiger partial charge on any atom is -0.481 e. The van der Waals surface area contributed by atoms with Crippen molar-refractivity contribution in [2.45, 2.75) is 62.7 Å². The fraction of sp³-hybridized carbons (Fsp3) is 0.435. The Morgan fingerprint density at radius 1 is 0.711 bits per heavy atom. The number of carbonyl (C=O) groups is 7. The molecule has 1 rings (SSSR count). The van der Waals surface area contributed by atoms with Crippen molar-refractivity contribution in [1.82, 2.24) is 16.0 Å². The molecule has 0 aliphatic heterocycles. The highest BCUT2D eigenvalue weighted by molar-refractivity contribution is 5.95. The quantitative estimate of drug-likeness (QED) is 0.105. The molecule has 0 bridgehead atoms. The SMILES string of the molecule is NC(=O)CCC(NC(=O)C(N)Cc1ccccc1)C(=O)NC(CCC(=O)O)C(=O)NC(CC(=O)O)C(=O)O. The number of rotatable bonds is 17. The maximum absolute atomic E-state index is 13.0. The highest BCUT2D eigenvalue weighted by Crippen LogP contribution is 2.06. The molecule has 0 fully saturated rings. The largest absolute Gasteiger partial charge is 0.481 e. The fourth-order valence-corrected chi connectivity index (χ4v) is 3.25. The zero-order valence-electron chi connectivity index (χ0n) is 20.3. The number of amides is 4. The summed E-state index contributed by atoms with van der Waals surface area (Å²) in [6.45, 7) is 0. The predicted molar refractivity (Wildman–Crippen MR) is 129 cm³/mol. The van der Waals surface area contributed by atoms with Crippen molar-refractivity contribution in [3.63, 3.8) is 0 Å². The van der Waals surface area contributed by atoms with E-state index in [0.717, 1.165) is 5.56 Å². The lowest BCUT2D eigenvalue weighted by Crippen LogP contribution is -2.57. The number of benzene rings is 1. The van der Waals surface area contributed by atoms with Gasteiger partial charge in [0.05, 0.1) is 12.5 Å². The number of primary amides is 1. The number of carboxylic acid groups (broad SMARTS) is 3. The van der Waals surface area contributed by atoms with Gasteiger partial charge >= 0.3 is 17.9 Å². The van der Waals surface area contributed by atoms with Gasteiger partial charge in [-0.05, 0) is 24.8 Å².